The largest absolute Gasteiger partial charge is 0.497 e. The highest BCUT2D eigenvalue weighted by Gasteiger charge is 2.21. The first-order valence-corrected chi connectivity index (χ1v) is 7.36. The van der Waals surface area contributed by atoms with Crippen LogP contribution in [0, 0.1) is 5.82 Å². The molecule has 0 spiro atoms. The molecule has 1 unspecified atom stereocenters. The highest BCUT2D eigenvalue weighted by atomic mass is 19.1. The van der Waals surface area contributed by atoms with Crippen LogP contribution in [0.2, 0.25) is 0 Å². The van der Waals surface area contributed by atoms with Crippen molar-refractivity contribution >= 4 is 5.91 Å². The van der Waals surface area contributed by atoms with Crippen molar-refractivity contribution in [1.82, 2.24) is 20.1 Å². The molecule has 23 heavy (non-hydrogen) atoms. The molecule has 2 N–H and O–H groups in total. The van der Waals surface area contributed by atoms with E-state index in [9.17, 15) is 14.0 Å². The van der Waals surface area contributed by atoms with E-state index in [1.54, 1.807) is 4.57 Å². The Balaban J connectivity index is 1.69. The summed E-state index contributed by atoms with van der Waals surface area (Å²) in [6, 6.07) is 3.78. The van der Waals surface area contributed by atoms with Crippen molar-refractivity contribution in [3.05, 3.63) is 45.9 Å². The number of amides is 1. The molecule has 0 saturated heterocycles. The number of methoxy groups -OCH3 is 1. The molecule has 1 atom stereocenters. The third kappa shape index (κ3) is 3.25. The number of aryl methyl sites for hydroxylation is 1. The second-order valence-electron chi connectivity index (χ2n) is 5.47. The monoisotopic (exact) mass is 320 g/mol. The molecule has 0 radical (unpaired) electrons. The van der Waals surface area contributed by atoms with Crippen LogP contribution in [0.25, 0.3) is 0 Å². The fraction of sp³-hybridized carbons (Fsp3) is 0.400. The van der Waals surface area contributed by atoms with Crippen LogP contribution in [0.15, 0.2) is 23.0 Å². The van der Waals surface area contributed by atoms with E-state index in [2.05, 4.69) is 15.5 Å². The molecule has 0 saturated carbocycles. The number of carbonyl (C=O) groups is 1. The van der Waals surface area contributed by atoms with E-state index in [-0.39, 0.29) is 23.2 Å². The van der Waals surface area contributed by atoms with Crippen molar-refractivity contribution in [2.45, 2.75) is 31.8 Å². The highest BCUT2D eigenvalue weighted by molar-refractivity contribution is 5.94. The van der Waals surface area contributed by atoms with Gasteiger partial charge in [0.15, 0.2) is 0 Å². The van der Waals surface area contributed by atoms with Crippen molar-refractivity contribution in [3.63, 3.8) is 0 Å². The van der Waals surface area contributed by atoms with Gasteiger partial charge < -0.3 is 10.1 Å². The normalized spacial score (nSPS) is 17.2. The van der Waals surface area contributed by atoms with E-state index in [1.807, 2.05) is 0 Å². The molecule has 1 aliphatic rings. The van der Waals surface area contributed by atoms with Gasteiger partial charge in [0, 0.05) is 30.6 Å². The van der Waals surface area contributed by atoms with Crippen molar-refractivity contribution in [1.29, 1.82) is 0 Å². The number of aromatic nitrogens is 3. The Morgan fingerprint density at radius 3 is 3.04 bits per heavy atom. The Morgan fingerprint density at radius 2 is 2.26 bits per heavy atom. The lowest BCUT2D eigenvalue weighted by Crippen LogP contribution is -2.35. The van der Waals surface area contributed by atoms with Gasteiger partial charge in [-0.05, 0) is 25.0 Å². The molecule has 1 aromatic carbocycles. The van der Waals surface area contributed by atoms with Crippen LogP contribution in [-0.4, -0.2) is 33.8 Å². The van der Waals surface area contributed by atoms with Crippen LogP contribution in [0.4, 0.5) is 4.39 Å². The highest BCUT2D eigenvalue weighted by Crippen LogP contribution is 2.17. The van der Waals surface area contributed by atoms with E-state index in [4.69, 9.17) is 4.74 Å². The maximum Gasteiger partial charge on any atom is 0.343 e. The lowest BCUT2D eigenvalue weighted by Gasteiger charge is -2.16. The van der Waals surface area contributed by atoms with Crippen LogP contribution >= 0.6 is 0 Å². The standard InChI is InChI=1S/C15H17FN4O3/c1-23-12-7-9(6-10(16)8-12)14(21)17-11-2-3-13-18-19-15(22)20(13)5-4-11/h6-8,11H,2-5H2,1H3,(H,17,21)(H,19,22). The number of halogens is 1. The van der Waals surface area contributed by atoms with Gasteiger partial charge in [-0.25, -0.2) is 14.3 Å². The minimum Gasteiger partial charge on any atom is -0.497 e. The summed E-state index contributed by atoms with van der Waals surface area (Å²) in [5, 5.41) is 9.27. The molecule has 1 aromatic heterocycles. The van der Waals surface area contributed by atoms with Gasteiger partial charge in [-0.1, -0.05) is 0 Å². The third-order valence-corrected chi connectivity index (χ3v) is 3.96. The van der Waals surface area contributed by atoms with E-state index in [1.165, 1.54) is 25.3 Å². The number of fused-ring (bicyclic) bond motifs is 1. The van der Waals surface area contributed by atoms with E-state index < -0.39 is 5.82 Å². The molecule has 122 valence electrons. The zero-order valence-electron chi connectivity index (χ0n) is 12.6. The molecular weight excluding hydrogens is 303 g/mol. The first kappa shape index (κ1) is 15.3. The predicted octanol–water partition coefficient (Wildman–Crippen LogP) is 0.854. The zero-order valence-corrected chi connectivity index (χ0v) is 12.6. The molecule has 1 aliphatic heterocycles. The first-order valence-electron chi connectivity index (χ1n) is 7.36. The SMILES string of the molecule is COc1cc(F)cc(C(=O)NC2CCc3n[nH]c(=O)n3CC2)c1. The fourth-order valence-electron chi connectivity index (χ4n) is 2.73. The Hall–Kier alpha value is -2.64. The maximum atomic E-state index is 13.5. The second-order valence-corrected chi connectivity index (χ2v) is 5.47. The molecule has 0 fully saturated rings. The Labute approximate surface area is 131 Å². The van der Waals surface area contributed by atoms with Crippen LogP contribution < -0.4 is 15.7 Å². The zero-order chi connectivity index (χ0) is 16.4. The molecular formula is C15H17FN4O3. The number of carbonyl (C=O) groups excluding carboxylic acids is 1. The molecule has 7 nitrogen and oxygen atoms in total. The lowest BCUT2D eigenvalue weighted by atomic mass is 10.1. The van der Waals surface area contributed by atoms with Gasteiger partial charge in [0.1, 0.15) is 17.4 Å². The van der Waals surface area contributed by atoms with Gasteiger partial charge >= 0.3 is 5.69 Å². The Kier molecular flexibility index (Phi) is 4.14. The fourth-order valence-corrected chi connectivity index (χ4v) is 2.73. The van der Waals surface area contributed by atoms with Crippen molar-refractivity contribution in [2.75, 3.05) is 7.11 Å². The summed E-state index contributed by atoms with van der Waals surface area (Å²) in [5.74, 6) is 0.102. The molecule has 0 aliphatic carbocycles. The summed E-state index contributed by atoms with van der Waals surface area (Å²) >= 11 is 0. The van der Waals surface area contributed by atoms with Gasteiger partial charge in [-0.15, -0.1) is 0 Å². The average Bonchev–Trinajstić information content (AvgIpc) is 2.76. The topological polar surface area (TPSA) is 89.0 Å². The molecule has 8 heteroatoms. The van der Waals surface area contributed by atoms with Crippen molar-refractivity contribution < 1.29 is 13.9 Å². The molecule has 2 aromatic rings. The van der Waals surface area contributed by atoms with Crippen molar-refractivity contribution in [2.24, 2.45) is 0 Å². The van der Waals surface area contributed by atoms with Gasteiger partial charge in [-0.2, -0.15) is 5.10 Å². The smallest absolute Gasteiger partial charge is 0.343 e. The van der Waals surface area contributed by atoms with Gasteiger partial charge in [0.25, 0.3) is 5.91 Å². The minimum absolute atomic E-state index is 0.0992. The maximum absolute atomic E-state index is 13.5. The van der Waals surface area contributed by atoms with Gasteiger partial charge in [0.05, 0.1) is 7.11 Å². The average molecular weight is 320 g/mol. The van der Waals surface area contributed by atoms with Gasteiger partial charge in [0.2, 0.25) is 0 Å². The minimum atomic E-state index is -0.526. The van der Waals surface area contributed by atoms with Crippen LogP contribution in [-0.2, 0) is 13.0 Å². The summed E-state index contributed by atoms with van der Waals surface area (Å²) in [6.45, 7) is 0.488. The molecule has 1 amide bonds. The van der Waals surface area contributed by atoms with E-state index in [0.717, 1.165) is 0 Å². The number of nitrogens with zero attached hydrogens (tertiary/aromatic N) is 2. The number of nitrogens with one attached hydrogen (secondary N) is 2. The summed E-state index contributed by atoms with van der Waals surface area (Å²) in [5.41, 5.74) is -0.0245. The number of H-pyrrole nitrogens is 1. The predicted molar refractivity (Wildman–Crippen MR) is 80.0 cm³/mol. The number of aromatic amines is 1. The van der Waals surface area contributed by atoms with E-state index in [0.29, 0.717) is 37.4 Å². The lowest BCUT2D eigenvalue weighted by molar-refractivity contribution is 0.0932. The number of benzene rings is 1. The van der Waals surface area contributed by atoms with Gasteiger partial charge in [-0.3, -0.25) is 9.36 Å². The van der Waals surface area contributed by atoms with Crippen LogP contribution in [0.3, 0.4) is 0 Å². The Bertz CT molecular complexity index is 783. The van der Waals surface area contributed by atoms with Crippen LogP contribution in [0.1, 0.15) is 29.0 Å². The number of hydrogen-bond donors (Lipinski definition) is 2. The molecule has 3 rings (SSSR count). The summed E-state index contributed by atoms with van der Waals surface area (Å²) in [6.07, 6.45) is 1.88. The quantitative estimate of drug-likeness (QED) is 0.877. The number of rotatable bonds is 3. The van der Waals surface area contributed by atoms with Crippen LogP contribution in [0.5, 0.6) is 5.75 Å². The first-order chi connectivity index (χ1) is 11.1. The number of hydrogen-bond acceptors (Lipinski definition) is 4. The number of ether oxygens (including phenoxy) is 1. The summed E-state index contributed by atoms with van der Waals surface area (Å²) < 4.78 is 20.0. The Morgan fingerprint density at radius 1 is 1.43 bits per heavy atom. The summed E-state index contributed by atoms with van der Waals surface area (Å²) in [4.78, 5) is 23.9. The third-order valence-electron chi connectivity index (χ3n) is 3.96. The second kappa shape index (κ2) is 6.23. The van der Waals surface area contributed by atoms with Crippen molar-refractivity contribution in [3.8, 4) is 5.75 Å². The van der Waals surface area contributed by atoms with E-state index >= 15 is 0 Å². The summed E-state index contributed by atoms with van der Waals surface area (Å²) in [7, 11) is 1.42. The molecule has 2 heterocycles. The molecule has 0 bridgehead atoms.